The average molecular weight is 342 g/mol. The van der Waals surface area contributed by atoms with E-state index in [4.69, 9.17) is 4.74 Å². The molecule has 0 saturated carbocycles. The molecule has 0 aliphatic carbocycles. The lowest BCUT2D eigenvalue weighted by molar-refractivity contribution is 0.0955. The number of phenolic OH excluding ortho intramolecular Hbond substituents is 2. The molecule has 0 spiro atoms. The van der Waals surface area contributed by atoms with Crippen molar-refractivity contribution in [2.75, 3.05) is 6.61 Å². The molecular weight excluding hydrogens is 320 g/mol. The van der Waals surface area contributed by atoms with Crippen LogP contribution in [-0.4, -0.2) is 28.9 Å². The molecule has 2 aromatic carbocycles. The molecule has 0 heterocycles. The maximum Gasteiger partial charge on any atom is 0.271 e. The van der Waals surface area contributed by atoms with Crippen molar-refractivity contribution in [3.05, 3.63) is 53.6 Å². The summed E-state index contributed by atoms with van der Waals surface area (Å²) in [5, 5.41) is 22.7. The van der Waals surface area contributed by atoms with Gasteiger partial charge in [-0.1, -0.05) is 13.8 Å². The topological polar surface area (TPSA) is 91.2 Å². The summed E-state index contributed by atoms with van der Waals surface area (Å²) < 4.78 is 5.60. The quantitative estimate of drug-likeness (QED) is 0.532. The Morgan fingerprint density at radius 1 is 1.20 bits per heavy atom. The number of hydrogen-bond donors (Lipinski definition) is 3. The molecule has 0 bridgehead atoms. The Kier molecular flexibility index (Phi) is 6.39. The predicted octanol–water partition coefficient (Wildman–Crippen LogP) is 3.29. The van der Waals surface area contributed by atoms with Crippen LogP contribution in [0.3, 0.4) is 0 Å². The van der Waals surface area contributed by atoms with Gasteiger partial charge in [-0.25, -0.2) is 5.43 Å². The van der Waals surface area contributed by atoms with E-state index in [1.165, 1.54) is 24.4 Å². The second-order valence-electron chi connectivity index (χ2n) is 6.00. The van der Waals surface area contributed by atoms with Crippen LogP contribution in [0, 0.1) is 5.92 Å². The van der Waals surface area contributed by atoms with Crippen LogP contribution in [-0.2, 0) is 0 Å². The van der Waals surface area contributed by atoms with E-state index in [0.717, 1.165) is 12.2 Å². The molecule has 0 aromatic heterocycles. The molecule has 0 fully saturated rings. The van der Waals surface area contributed by atoms with E-state index in [-0.39, 0.29) is 17.4 Å². The summed E-state index contributed by atoms with van der Waals surface area (Å²) in [6, 6.07) is 10.9. The first-order chi connectivity index (χ1) is 12.0. The molecule has 0 unspecified atom stereocenters. The number of nitrogens with zero attached hydrogens (tertiary/aromatic N) is 1. The van der Waals surface area contributed by atoms with E-state index < -0.39 is 0 Å². The average Bonchev–Trinajstić information content (AvgIpc) is 2.57. The summed E-state index contributed by atoms with van der Waals surface area (Å²) in [7, 11) is 0. The van der Waals surface area contributed by atoms with Gasteiger partial charge in [-0.2, -0.15) is 5.10 Å². The lowest BCUT2D eigenvalue weighted by Crippen LogP contribution is -2.17. The number of carbonyl (C=O) groups excluding carboxylic acids is 1. The zero-order valence-corrected chi connectivity index (χ0v) is 14.3. The first-order valence-electron chi connectivity index (χ1n) is 8.04. The number of aromatic hydroxyl groups is 2. The number of nitrogens with one attached hydrogen (secondary N) is 1. The molecule has 0 saturated heterocycles. The molecule has 0 aliphatic rings. The molecule has 6 nitrogen and oxygen atoms in total. The summed E-state index contributed by atoms with van der Waals surface area (Å²) in [6.45, 7) is 4.91. The number of benzene rings is 2. The maximum absolute atomic E-state index is 12.0. The summed E-state index contributed by atoms with van der Waals surface area (Å²) in [4.78, 5) is 12.0. The van der Waals surface area contributed by atoms with E-state index in [0.29, 0.717) is 23.7 Å². The number of carbonyl (C=O) groups is 1. The van der Waals surface area contributed by atoms with E-state index >= 15 is 0 Å². The second-order valence-corrected chi connectivity index (χ2v) is 6.00. The van der Waals surface area contributed by atoms with Gasteiger partial charge >= 0.3 is 0 Å². The van der Waals surface area contributed by atoms with Crippen LogP contribution in [0.25, 0.3) is 0 Å². The Bertz CT molecular complexity index is 740. The van der Waals surface area contributed by atoms with Crippen LogP contribution < -0.4 is 10.2 Å². The Balaban J connectivity index is 1.89. The predicted molar refractivity (Wildman–Crippen MR) is 96.2 cm³/mol. The second kappa shape index (κ2) is 8.73. The zero-order valence-electron chi connectivity index (χ0n) is 14.3. The standard InChI is InChI=1S/C19H22N2O4/c1-13(2)9-10-25-17-7-4-14(5-8-17)19(24)21-20-12-15-3-6-16(22)11-18(15)23/h3-8,11-13,22-23H,9-10H2,1-2H3,(H,21,24). The van der Waals surface area contributed by atoms with Crippen LogP contribution in [0.2, 0.25) is 0 Å². The lowest BCUT2D eigenvalue weighted by Gasteiger charge is -2.08. The minimum Gasteiger partial charge on any atom is -0.508 e. The molecule has 0 aliphatic heterocycles. The monoisotopic (exact) mass is 342 g/mol. The van der Waals surface area contributed by atoms with E-state index in [2.05, 4.69) is 24.4 Å². The summed E-state index contributed by atoms with van der Waals surface area (Å²) in [5.41, 5.74) is 3.21. The molecule has 25 heavy (non-hydrogen) atoms. The largest absolute Gasteiger partial charge is 0.508 e. The van der Waals surface area contributed by atoms with Crippen LogP contribution >= 0.6 is 0 Å². The highest BCUT2D eigenvalue weighted by atomic mass is 16.5. The van der Waals surface area contributed by atoms with Crippen molar-refractivity contribution in [3.8, 4) is 17.2 Å². The van der Waals surface area contributed by atoms with Crippen molar-refractivity contribution in [2.45, 2.75) is 20.3 Å². The minimum absolute atomic E-state index is 0.0469. The minimum atomic E-state index is -0.372. The number of rotatable bonds is 7. The molecule has 0 radical (unpaired) electrons. The Morgan fingerprint density at radius 2 is 1.92 bits per heavy atom. The van der Waals surface area contributed by atoms with E-state index in [1.807, 2.05) is 0 Å². The molecule has 132 valence electrons. The van der Waals surface area contributed by atoms with Crippen molar-refractivity contribution in [1.29, 1.82) is 0 Å². The van der Waals surface area contributed by atoms with Crippen molar-refractivity contribution < 1.29 is 19.7 Å². The molecule has 3 N–H and O–H groups in total. The number of hydrogen-bond acceptors (Lipinski definition) is 5. The van der Waals surface area contributed by atoms with Gasteiger partial charge in [0.05, 0.1) is 12.8 Å². The highest BCUT2D eigenvalue weighted by Gasteiger charge is 2.05. The van der Waals surface area contributed by atoms with Gasteiger partial charge in [-0.05, 0) is 48.7 Å². The Morgan fingerprint density at radius 3 is 2.56 bits per heavy atom. The molecule has 6 heteroatoms. The number of amides is 1. The third-order valence-electron chi connectivity index (χ3n) is 3.46. The van der Waals surface area contributed by atoms with E-state index in [1.54, 1.807) is 24.3 Å². The van der Waals surface area contributed by atoms with Gasteiger partial charge in [0.1, 0.15) is 17.2 Å². The highest BCUT2D eigenvalue weighted by molar-refractivity contribution is 5.95. The van der Waals surface area contributed by atoms with Gasteiger partial charge in [0.15, 0.2) is 0 Å². The lowest BCUT2D eigenvalue weighted by atomic mass is 10.1. The van der Waals surface area contributed by atoms with Crippen molar-refractivity contribution in [3.63, 3.8) is 0 Å². The third-order valence-corrected chi connectivity index (χ3v) is 3.46. The van der Waals surface area contributed by atoms with Crippen LogP contribution in [0.15, 0.2) is 47.6 Å². The van der Waals surface area contributed by atoms with Gasteiger partial charge in [-0.3, -0.25) is 4.79 Å². The summed E-state index contributed by atoms with van der Waals surface area (Å²) in [6.07, 6.45) is 2.27. The number of hydrazone groups is 1. The summed E-state index contributed by atoms with van der Waals surface area (Å²) >= 11 is 0. The summed E-state index contributed by atoms with van der Waals surface area (Å²) in [5.74, 6) is 0.754. The van der Waals surface area contributed by atoms with Gasteiger partial charge in [-0.15, -0.1) is 0 Å². The first-order valence-corrected chi connectivity index (χ1v) is 8.04. The van der Waals surface area contributed by atoms with Gasteiger partial charge in [0.25, 0.3) is 5.91 Å². The van der Waals surface area contributed by atoms with Crippen LogP contribution in [0.1, 0.15) is 36.2 Å². The Hall–Kier alpha value is -3.02. The zero-order chi connectivity index (χ0) is 18.2. The van der Waals surface area contributed by atoms with Crippen LogP contribution in [0.4, 0.5) is 0 Å². The van der Waals surface area contributed by atoms with Gasteiger partial charge in [0.2, 0.25) is 0 Å². The normalized spacial score (nSPS) is 11.0. The number of ether oxygens (including phenoxy) is 1. The SMILES string of the molecule is CC(C)CCOc1ccc(C(=O)NN=Cc2ccc(O)cc2O)cc1. The van der Waals surface area contributed by atoms with E-state index in [9.17, 15) is 15.0 Å². The fraction of sp³-hybridized carbons (Fsp3) is 0.263. The third kappa shape index (κ3) is 5.84. The Labute approximate surface area is 146 Å². The molecule has 2 rings (SSSR count). The highest BCUT2D eigenvalue weighted by Crippen LogP contribution is 2.20. The van der Waals surface area contributed by atoms with Crippen LogP contribution in [0.5, 0.6) is 17.2 Å². The molecule has 0 atom stereocenters. The smallest absolute Gasteiger partial charge is 0.271 e. The van der Waals surface area contributed by atoms with Gasteiger partial charge < -0.3 is 14.9 Å². The molecule has 1 amide bonds. The fourth-order valence-corrected chi connectivity index (χ4v) is 1.98. The van der Waals surface area contributed by atoms with Crippen molar-refractivity contribution in [2.24, 2.45) is 11.0 Å². The first kappa shape index (κ1) is 18.3. The van der Waals surface area contributed by atoms with Gasteiger partial charge in [0, 0.05) is 17.2 Å². The van der Waals surface area contributed by atoms with Crippen molar-refractivity contribution in [1.82, 2.24) is 5.43 Å². The molecule has 2 aromatic rings. The maximum atomic E-state index is 12.0. The van der Waals surface area contributed by atoms with Crippen molar-refractivity contribution >= 4 is 12.1 Å². The molecular formula is C19H22N2O4. The fourth-order valence-electron chi connectivity index (χ4n) is 1.98. The number of phenols is 2.